The molecule has 3 N–H and O–H groups in total. The number of imidazole rings is 1. The van der Waals surface area contributed by atoms with Crippen molar-refractivity contribution in [3.63, 3.8) is 0 Å². The number of guanidine groups is 1. The third-order valence-electron chi connectivity index (χ3n) is 3.05. The Morgan fingerprint density at radius 2 is 2.33 bits per heavy atom. The molecule has 3 rings (SSSR count). The summed E-state index contributed by atoms with van der Waals surface area (Å²) in [5.74, 6) is 0.765. The summed E-state index contributed by atoms with van der Waals surface area (Å²) in [5.41, 5.74) is 6.50. The van der Waals surface area contributed by atoms with E-state index in [9.17, 15) is 10.1 Å². The molecule has 1 aliphatic rings. The highest BCUT2D eigenvalue weighted by atomic mass is 35.5. The molecule has 108 valence electrons. The van der Waals surface area contributed by atoms with Crippen LogP contribution >= 0.6 is 11.6 Å². The van der Waals surface area contributed by atoms with Crippen molar-refractivity contribution in [1.82, 2.24) is 14.9 Å². The number of aromatic nitrogens is 2. The summed E-state index contributed by atoms with van der Waals surface area (Å²) in [6.07, 6.45) is 1.59. The number of aliphatic imine (C=N–C) groups is 1. The van der Waals surface area contributed by atoms with E-state index < -0.39 is 10.4 Å². The third kappa shape index (κ3) is 2.52. The van der Waals surface area contributed by atoms with Gasteiger partial charge in [-0.15, -0.1) is 0 Å². The van der Waals surface area contributed by atoms with Crippen molar-refractivity contribution in [1.29, 1.82) is 0 Å². The first-order valence-corrected chi connectivity index (χ1v) is 6.51. The SMILES string of the molecule is NC1=Nc2c(ncn2Cc2cccc([N+](=O)[O-])c2)C(Cl)N1. The van der Waals surface area contributed by atoms with Gasteiger partial charge < -0.3 is 15.6 Å². The molecule has 0 spiro atoms. The Bertz CT molecular complexity index is 741. The van der Waals surface area contributed by atoms with Crippen molar-refractivity contribution in [2.75, 3.05) is 0 Å². The van der Waals surface area contributed by atoms with Gasteiger partial charge in [-0.1, -0.05) is 23.7 Å². The Hall–Kier alpha value is -2.61. The maximum absolute atomic E-state index is 10.8. The number of benzene rings is 1. The Morgan fingerprint density at radius 1 is 1.52 bits per heavy atom. The number of non-ortho nitro benzene ring substituents is 1. The zero-order valence-corrected chi connectivity index (χ0v) is 11.5. The van der Waals surface area contributed by atoms with Crippen molar-refractivity contribution < 1.29 is 4.92 Å². The van der Waals surface area contributed by atoms with Gasteiger partial charge in [0.1, 0.15) is 5.69 Å². The van der Waals surface area contributed by atoms with Crippen molar-refractivity contribution in [3.05, 3.63) is 52.0 Å². The molecular weight excluding hydrogens is 296 g/mol. The third-order valence-corrected chi connectivity index (χ3v) is 3.37. The Balaban J connectivity index is 1.94. The average Bonchev–Trinajstić information content (AvgIpc) is 2.82. The molecule has 1 aliphatic heterocycles. The molecule has 9 heteroatoms. The fourth-order valence-electron chi connectivity index (χ4n) is 2.12. The Morgan fingerprint density at radius 3 is 3.10 bits per heavy atom. The normalized spacial score (nSPS) is 16.8. The van der Waals surface area contributed by atoms with Crippen LogP contribution in [0.25, 0.3) is 0 Å². The lowest BCUT2D eigenvalue weighted by Gasteiger charge is -2.17. The lowest BCUT2D eigenvalue weighted by molar-refractivity contribution is -0.384. The number of nitrogens with one attached hydrogen (secondary N) is 1. The number of nitro groups is 1. The fourth-order valence-corrected chi connectivity index (χ4v) is 2.38. The summed E-state index contributed by atoms with van der Waals surface area (Å²) >= 11 is 6.09. The van der Waals surface area contributed by atoms with Crippen molar-refractivity contribution >= 4 is 29.1 Å². The first-order valence-electron chi connectivity index (χ1n) is 6.07. The minimum absolute atomic E-state index is 0.0429. The van der Waals surface area contributed by atoms with Gasteiger partial charge in [0.2, 0.25) is 0 Å². The minimum atomic E-state index is -0.538. The molecule has 1 aromatic heterocycles. The second-order valence-electron chi connectivity index (χ2n) is 4.51. The van der Waals surface area contributed by atoms with E-state index in [0.717, 1.165) is 5.56 Å². The molecule has 1 aromatic carbocycles. The van der Waals surface area contributed by atoms with E-state index in [4.69, 9.17) is 17.3 Å². The highest BCUT2D eigenvalue weighted by Crippen LogP contribution is 2.30. The second-order valence-corrected chi connectivity index (χ2v) is 4.95. The summed E-state index contributed by atoms with van der Waals surface area (Å²) in [7, 11) is 0. The van der Waals surface area contributed by atoms with Crippen molar-refractivity contribution in [2.24, 2.45) is 10.7 Å². The van der Waals surface area contributed by atoms with Gasteiger partial charge in [-0.2, -0.15) is 4.99 Å². The molecule has 0 fully saturated rings. The van der Waals surface area contributed by atoms with Gasteiger partial charge in [0.25, 0.3) is 5.69 Å². The van der Waals surface area contributed by atoms with Crippen LogP contribution in [-0.2, 0) is 6.54 Å². The molecule has 0 aliphatic carbocycles. The van der Waals surface area contributed by atoms with Gasteiger partial charge in [-0.3, -0.25) is 10.1 Å². The molecule has 2 aromatic rings. The first kappa shape index (κ1) is 13.4. The second kappa shape index (κ2) is 5.06. The molecule has 0 bridgehead atoms. The van der Waals surface area contributed by atoms with Gasteiger partial charge in [0.05, 0.1) is 17.8 Å². The summed E-state index contributed by atoms with van der Waals surface area (Å²) < 4.78 is 1.75. The van der Waals surface area contributed by atoms with Crippen LogP contribution in [0.5, 0.6) is 0 Å². The van der Waals surface area contributed by atoms with E-state index in [-0.39, 0.29) is 11.6 Å². The van der Waals surface area contributed by atoms with Crippen LogP contribution in [0.4, 0.5) is 11.5 Å². The molecule has 0 amide bonds. The summed E-state index contributed by atoms with van der Waals surface area (Å²) in [6, 6.07) is 6.40. The zero-order chi connectivity index (χ0) is 15.0. The number of alkyl halides is 1. The number of fused-ring (bicyclic) bond motifs is 1. The number of halogens is 1. The van der Waals surface area contributed by atoms with Gasteiger partial charge in [0.15, 0.2) is 17.3 Å². The Labute approximate surface area is 124 Å². The van der Waals surface area contributed by atoms with Crippen LogP contribution < -0.4 is 11.1 Å². The van der Waals surface area contributed by atoms with Crippen LogP contribution in [-0.4, -0.2) is 20.4 Å². The van der Waals surface area contributed by atoms with E-state index in [1.165, 1.54) is 12.1 Å². The molecule has 0 radical (unpaired) electrons. The maximum atomic E-state index is 10.8. The molecule has 0 saturated heterocycles. The first-order chi connectivity index (χ1) is 10.0. The molecular formula is C12H11ClN6O2. The maximum Gasteiger partial charge on any atom is 0.269 e. The predicted octanol–water partition coefficient (Wildman–Crippen LogP) is 1.63. The number of hydrogen-bond donors (Lipinski definition) is 2. The number of nitro benzene ring substituents is 1. The summed E-state index contributed by atoms with van der Waals surface area (Å²) in [5, 5.41) is 13.6. The smallest absolute Gasteiger partial charge is 0.269 e. The number of nitrogens with zero attached hydrogens (tertiary/aromatic N) is 4. The molecule has 8 nitrogen and oxygen atoms in total. The van der Waals surface area contributed by atoms with Crippen molar-refractivity contribution in [2.45, 2.75) is 12.0 Å². The lowest BCUT2D eigenvalue weighted by atomic mass is 10.2. The largest absolute Gasteiger partial charge is 0.370 e. The quantitative estimate of drug-likeness (QED) is 0.387. The standard InChI is InChI=1S/C12H11ClN6O2/c13-10-9-11(17-12(14)16-10)18(6-15-9)5-7-2-1-3-8(4-7)19(20)21/h1-4,6,10H,5H2,(H3,14,16,17). The van der Waals surface area contributed by atoms with Gasteiger partial charge in [0, 0.05) is 12.1 Å². The summed E-state index contributed by atoms with van der Waals surface area (Å²) in [4.78, 5) is 18.7. The zero-order valence-electron chi connectivity index (χ0n) is 10.7. The van der Waals surface area contributed by atoms with Crippen LogP contribution in [0.2, 0.25) is 0 Å². The minimum Gasteiger partial charge on any atom is -0.370 e. The van der Waals surface area contributed by atoms with E-state index >= 15 is 0 Å². The monoisotopic (exact) mass is 306 g/mol. The van der Waals surface area contributed by atoms with Crippen LogP contribution in [0.15, 0.2) is 35.6 Å². The fraction of sp³-hybridized carbons (Fsp3) is 0.167. The van der Waals surface area contributed by atoms with Crippen molar-refractivity contribution in [3.8, 4) is 0 Å². The highest BCUT2D eigenvalue weighted by Gasteiger charge is 2.23. The molecule has 21 heavy (non-hydrogen) atoms. The molecule has 1 unspecified atom stereocenters. The van der Waals surface area contributed by atoms with E-state index in [1.807, 2.05) is 0 Å². The predicted molar refractivity (Wildman–Crippen MR) is 77.4 cm³/mol. The van der Waals surface area contributed by atoms with E-state index in [1.54, 1.807) is 23.0 Å². The lowest BCUT2D eigenvalue weighted by Crippen LogP contribution is -2.35. The topological polar surface area (TPSA) is 111 Å². The molecule has 2 heterocycles. The summed E-state index contributed by atoms with van der Waals surface area (Å²) in [6.45, 7) is 0.393. The van der Waals surface area contributed by atoms with E-state index in [2.05, 4.69) is 15.3 Å². The van der Waals surface area contributed by atoms with E-state index in [0.29, 0.717) is 18.1 Å². The highest BCUT2D eigenvalue weighted by molar-refractivity contribution is 6.22. The van der Waals surface area contributed by atoms with Crippen LogP contribution in [0.3, 0.4) is 0 Å². The van der Waals surface area contributed by atoms with Gasteiger partial charge in [-0.05, 0) is 5.56 Å². The van der Waals surface area contributed by atoms with Gasteiger partial charge >= 0.3 is 0 Å². The Kier molecular flexibility index (Phi) is 3.22. The number of nitrogens with two attached hydrogens (primary N) is 1. The van der Waals surface area contributed by atoms with Gasteiger partial charge in [-0.25, -0.2) is 4.98 Å². The molecule has 0 saturated carbocycles. The number of hydrogen-bond acceptors (Lipinski definition) is 6. The average molecular weight is 307 g/mol. The van der Waals surface area contributed by atoms with Crippen LogP contribution in [0, 0.1) is 10.1 Å². The molecule has 1 atom stereocenters. The van der Waals surface area contributed by atoms with Crippen LogP contribution in [0.1, 0.15) is 16.8 Å². The number of rotatable bonds is 3.